The first-order chi connectivity index (χ1) is 11.5. The highest BCUT2D eigenvalue weighted by Crippen LogP contribution is 2.14. The van der Waals surface area contributed by atoms with Gasteiger partial charge in [-0.3, -0.25) is 19.7 Å². The summed E-state index contributed by atoms with van der Waals surface area (Å²) in [6.45, 7) is 1.31. The van der Waals surface area contributed by atoms with Crippen molar-refractivity contribution in [2.24, 2.45) is 5.73 Å². The highest BCUT2D eigenvalue weighted by Gasteiger charge is 2.25. The van der Waals surface area contributed by atoms with E-state index in [0.717, 1.165) is 0 Å². The zero-order valence-corrected chi connectivity index (χ0v) is 13.2. The first-order valence-electron chi connectivity index (χ1n) is 7.46. The molecule has 0 bridgehead atoms. The van der Waals surface area contributed by atoms with Crippen LogP contribution in [0.25, 0.3) is 0 Å². The fourth-order valence-electron chi connectivity index (χ4n) is 2.23. The molecule has 0 aliphatic heterocycles. The van der Waals surface area contributed by atoms with Gasteiger partial charge in [0.05, 0.1) is 0 Å². The van der Waals surface area contributed by atoms with Crippen LogP contribution in [0.4, 0.5) is 0 Å². The molecule has 0 radical (unpaired) electrons. The van der Waals surface area contributed by atoms with Crippen LogP contribution >= 0.6 is 0 Å². The van der Waals surface area contributed by atoms with Crippen LogP contribution in [-0.4, -0.2) is 17.7 Å². The van der Waals surface area contributed by atoms with Gasteiger partial charge in [-0.15, -0.1) is 0 Å². The lowest BCUT2D eigenvalue weighted by atomic mass is 10.0. The highest BCUT2D eigenvalue weighted by atomic mass is 16.2. The van der Waals surface area contributed by atoms with Crippen LogP contribution in [0.1, 0.15) is 30.1 Å². The molecule has 2 rings (SSSR count). The Morgan fingerprint density at radius 3 is 1.83 bits per heavy atom. The Hall–Kier alpha value is -2.99. The Bertz CT molecular complexity index is 717. The monoisotopic (exact) mass is 325 g/mol. The second-order valence-corrected chi connectivity index (χ2v) is 5.29. The van der Waals surface area contributed by atoms with Crippen molar-refractivity contribution in [3.05, 3.63) is 71.8 Å². The molecule has 4 N–H and O–H groups in total. The van der Waals surface area contributed by atoms with Crippen molar-refractivity contribution in [3.63, 3.8) is 0 Å². The Labute approximate surface area is 140 Å². The normalized spacial score (nSPS) is 12.8. The summed E-state index contributed by atoms with van der Waals surface area (Å²) in [4.78, 5) is 36.0. The quantitative estimate of drug-likeness (QED) is 0.769. The Morgan fingerprint density at radius 2 is 1.33 bits per heavy atom. The predicted octanol–water partition coefficient (Wildman–Crippen LogP) is 1.21. The van der Waals surface area contributed by atoms with Crippen molar-refractivity contribution in [1.82, 2.24) is 10.6 Å². The average Bonchev–Trinajstić information content (AvgIpc) is 2.60. The van der Waals surface area contributed by atoms with Gasteiger partial charge in [-0.2, -0.15) is 0 Å². The van der Waals surface area contributed by atoms with E-state index in [0.29, 0.717) is 11.1 Å². The summed E-state index contributed by atoms with van der Waals surface area (Å²) in [6, 6.07) is 15.5. The van der Waals surface area contributed by atoms with Gasteiger partial charge in [-0.05, 0) is 11.1 Å². The average molecular weight is 325 g/mol. The van der Waals surface area contributed by atoms with E-state index in [4.69, 9.17) is 5.73 Å². The molecule has 24 heavy (non-hydrogen) atoms. The summed E-state index contributed by atoms with van der Waals surface area (Å²) in [5, 5.41) is 4.80. The summed E-state index contributed by atoms with van der Waals surface area (Å²) in [6.07, 6.45) is 0. The van der Waals surface area contributed by atoms with Gasteiger partial charge in [-0.1, -0.05) is 60.7 Å². The first-order valence-corrected chi connectivity index (χ1v) is 7.46. The summed E-state index contributed by atoms with van der Waals surface area (Å²) < 4.78 is 0. The van der Waals surface area contributed by atoms with E-state index in [9.17, 15) is 14.4 Å². The van der Waals surface area contributed by atoms with Gasteiger partial charge in [0.15, 0.2) is 0 Å². The Morgan fingerprint density at radius 1 is 0.833 bits per heavy atom. The van der Waals surface area contributed by atoms with Gasteiger partial charge in [-0.25, -0.2) is 0 Å². The SMILES string of the molecule is CC(=O)NC(C(=O)NC(=O)C(N)c1ccccc1)c1ccccc1. The van der Waals surface area contributed by atoms with E-state index < -0.39 is 23.9 Å². The molecule has 0 saturated heterocycles. The van der Waals surface area contributed by atoms with E-state index in [-0.39, 0.29) is 5.91 Å². The number of benzene rings is 2. The lowest BCUT2D eigenvalue weighted by Gasteiger charge is -2.19. The van der Waals surface area contributed by atoms with Crippen molar-refractivity contribution in [1.29, 1.82) is 0 Å². The van der Waals surface area contributed by atoms with E-state index in [1.54, 1.807) is 54.6 Å². The van der Waals surface area contributed by atoms with Crippen LogP contribution in [0.3, 0.4) is 0 Å². The third-order valence-electron chi connectivity index (χ3n) is 3.43. The molecule has 0 heterocycles. The van der Waals surface area contributed by atoms with Gasteiger partial charge >= 0.3 is 0 Å². The van der Waals surface area contributed by atoms with Crippen LogP contribution in [0.15, 0.2) is 60.7 Å². The maximum Gasteiger partial charge on any atom is 0.253 e. The van der Waals surface area contributed by atoms with Crippen molar-refractivity contribution in [3.8, 4) is 0 Å². The number of rotatable bonds is 5. The molecule has 0 aliphatic rings. The molecule has 0 aliphatic carbocycles. The van der Waals surface area contributed by atoms with Crippen LogP contribution in [0.2, 0.25) is 0 Å². The van der Waals surface area contributed by atoms with Crippen molar-refractivity contribution >= 4 is 17.7 Å². The number of carbonyl (C=O) groups excluding carboxylic acids is 3. The minimum Gasteiger partial charge on any atom is -0.341 e. The van der Waals surface area contributed by atoms with E-state index in [2.05, 4.69) is 10.6 Å². The van der Waals surface area contributed by atoms with Crippen molar-refractivity contribution in [2.75, 3.05) is 0 Å². The molecule has 6 nitrogen and oxygen atoms in total. The minimum atomic E-state index is -0.969. The summed E-state index contributed by atoms with van der Waals surface area (Å²) >= 11 is 0. The van der Waals surface area contributed by atoms with Gasteiger partial charge in [0.25, 0.3) is 5.91 Å². The molecule has 6 heteroatoms. The van der Waals surface area contributed by atoms with E-state index in [1.165, 1.54) is 6.92 Å². The fourth-order valence-corrected chi connectivity index (χ4v) is 2.23. The number of nitrogens with one attached hydrogen (secondary N) is 2. The molecule has 0 aromatic heterocycles. The second kappa shape index (κ2) is 8.03. The summed E-state index contributed by atoms with van der Waals surface area (Å²) in [5.41, 5.74) is 7.05. The molecule has 2 atom stereocenters. The second-order valence-electron chi connectivity index (χ2n) is 5.29. The molecule has 3 amide bonds. The van der Waals surface area contributed by atoms with Crippen LogP contribution in [0.5, 0.6) is 0 Å². The largest absolute Gasteiger partial charge is 0.341 e. The van der Waals surface area contributed by atoms with Gasteiger partial charge < -0.3 is 11.1 Å². The number of hydrogen-bond donors (Lipinski definition) is 3. The molecular formula is C18H19N3O3. The zero-order valence-electron chi connectivity index (χ0n) is 13.2. The minimum absolute atomic E-state index is 0.376. The fraction of sp³-hybridized carbons (Fsp3) is 0.167. The van der Waals surface area contributed by atoms with Crippen LogP contribution in [0, 0.1) is 0 Å². The molecule has 0 saturated carbocycles. The predicted molar refractivity (Wildman–Crippen MR) is 89.5 cm³/mol. The van der Waals surface area contributed by atoms with Gasteiger partial charge in [0.1, 0.15) is 12.1 Å². The maximum absolute atomic E-state index is 12.4. The first kappa shape index (κ1) is 17.4. The molecule has 124 valence electrons. The topological polar surface area (TPSA) is 101 Å². The lowest BCUT2D eigenvalue weighted by molar-refractivity contribution is -0.134. The number of hydrogen-bond acceptors (Lipinski definition) is 4. The van der Waals surface area contributed by atoms with Crippen LogP contribution in [-0.2, 0) is 14.4 Å². The Kier molecular flexibility index (Phi) is 5.81. The van der Waals surface area contributed by atoms with E-state index >= 15 is 0 Å². The number of imide groups is 1. The van der Waals surface area contributed by atoms with Crippen molar-refractivity contribution < 1.29 is 14.4 Å². The molecule has 2 unspecified atom stereocenters. The van der Waals surface area contributed by atoms with Crippen molar-refractivity contribution in [2.45, 2.75) is 19.0 Å². The third-order valence-corrected chi connectivity index (χ3v) is 3.43. The lowest BCUT2D eigenvalue weighted by Crippen LogP contribution is -2.45. The van der Waals surface area contributed by atoms with Gasteiger partial charge in [0.2, 0.25) is 11.8 Å². The molecule has 0 spiro atoms. The number of nitrogens with two attached hydrogens (primary N) is 1. The summed E-state index contributed by atoms with van der Waals surface area (Å²) in [5.74, 6) is -1.64. The summed E-state index contributed by atoms with van der Waals surface area (Å²) in [7, 11) is 0. The molecule has 2 aromatic rings. The van der Waals surface area contributed by atoms with Gasteiger partial charge in [0, 0.05) is 6.92 Å². The molecular weight excluding hydrogens is 306 g/mol. The zero-order chi connectivity index (χ0) is 17.5. The number of amides is 3. The molecule has 0 fully saturated rings. The smallest absolute Gasteiger partial charge is 0.253 e. The maximum atomic E-state index is 12.4. The van der Waals surface area contributed by atoms with Crippen LogP contribution < -0.4 is 16.4 Å². The van der Waals surface area contributed by atoms with E-state index in [1.807, 2.05) is 6.07 Å². The number of carbonyl (C=O) groups is 3. The molecule has 2 aromatic carbocycles. The Balaban J connectivity index is 2.12. The third kappa shape index (κ3) is 4.50. The standard InChI is InChI=1S/C18H19N3O3/c1-12(22)20-16(14-10-6-3-7-11-14)18(24)21-17(23)15(19)13-8-4-2-5-9-13/h2-11,15-16H,19H2,1H3,(H,20,22)(H,21,23,24). The highest BCUT2D eigenvalue weighted by molar-refractivity contribution is 6.01.